The van der Waals surface area contributed by atoms with Crippen molar-refractivity contribution in [3.05, 3.63) is 78.9 Å². The highest BCUT2D eigenvalue weighted by molar-refractivity contribution is 7.99. The van der Waals surface area contributed by atoms with E-state index >= 15 is 0 Å². The van der Waals surface area contributed by atoms with E-state index in [2.05, 4.69) is 10.0 Å². The van der Waals surface area contributed by atoms with Crippen LogP contribution < -0.4 is 14.8 Å². The fourth-order valence-corrected chi connectivity index (χ4v) is 4.54. The minimum Gasteiger partial charge on any atom is -0.497 e. The van der Waals surface area contributed by atoms with Crippen LogP contribution in [0.1, 0.15) is 6.42 Å². The van der Waals surface area contributed by atoms with Gasteiger partial charge in [-0.05, 0) is 48.5 Å². The first-order valence-corrected chi connectivity index (χ1v) is 11.7. The summed E-state index contributed by atoms with van der Waals surface area (Å²) in [5.41, 5.74) is 0.952. The molecule has 2 N–H and O–H groups in total. The van der Waals surface area contributed by atoms with Crippen molar-refractivity contribution in [3.63, 3.8) is 0 Å². The molecule has 0 saturated heterocycles. The van der Waals surface area contributed by atoms with Gasteiger partial charge in [0.25, 0.3) is 10.0 Å². The lowest BCUT2D eigenvalue weighted by Crippen LogP contribution is -2.14. The molecule has 0 heterocycles. The highest BCUT2D eigenvalue weighted by Gasteiger charge is 2.14. The summed E-state index contributed by atoms with van der Waals surface area (Å²) in [7, 11) is -2.24. The van der Waals surface area contributed by atoms with E-state index < -0.39 is 10.0 Å². The lowest BCUT2D eigenvalue weighted by Gasteiger charge is -2.10. The van der Waals surface area contributed by atoms with Gasteiger partial charge in [-0.2, -0.15) is 0 Å². The summed E-state index contributed by atoms with van der Waals surface area (Å²) < 4.78 is 32.8. The molecule has 156 valence electrons. The number of methoxy groups -OCH3 is 1. The Morgan fingerprint density at radius 2 is 1.67 bits per heavy atom. The quantitative estimate of drug-likeness (QED) is 0.473. The van der Waals surface area contributed by atoms with Crippen molar-refractivity contribution in [3.8, 4) is 5.75 Å². The standard InChI is InChI=1S/C22H22N2O4S2/c1-28-19-7-5-6-18(16-19)24-30(26,27)21-12-10-17(11-13-21)23-22(25)14-15-29-20-8-3-2-4-9-20/h2-13,16,24H,14-15H2,1H3,(H,23,25). The summed E-state index contributed by atoms with van der Waals surface area (Å²) in [6.45, 7) is 0. The molecule has 0 bridgehead atoms. The number of carbonyl (C=O) groups is 1. The average Bonchev–Trinajstić information content (AvgIpc) is 2.75. The molecular formula is C22H22N2O4S2. The number of sulfonamides is 1. The van der Waals surface area contributed by atoms with E-state index in [1.54, 1.807) is 48.2 Å². The van der Waals surface area contributed by atoms with Gasteiger partial charge >= 0.3 is 0 Å². The van der Waals surface area contributed by atoms with Gasteiger partial charge in [-0.3, -0.25) is 9.52 Å². The molecule has 1 amide bonds. The Morgan fingerprint density at radius 3 is 2.37 bits per heavy atom. The zero-order chi connectivity index (χ0) is 21.4. The maximum Gasteiger partial charge on any atom is 0.261 e. The number of thioether (sulfide) groups is 1. The van der Waals surface area contributed by atoms with Crippen LogP contribution in [-0.4, -0.2) is 27.2 Å². The second-order valence-electron chi connectivity index (χ2n) is 6.32. The van der Waals surface area contributed by atoms with Crippen molar-refractivity contribution in [1.82, 2.24) is 0 Å². The number of anilines is 2. The van der Waals surface area contributed by atoms with Crippen LogP contribution in [0.3, 0.4) is 0 Å². The van der Waals surface area contributed by atoms with E-state index in [0.717, 1.165) is 4.90 Å². The van der Waals surface area contributed by atoms with Crippen LogP contribution >= 0.6 is 11.8 Å². The van der Waals surface area contributed by atoms with Crippen molar-refractivity contribution in [2.24, 2.45) is 0 Å². The SMILES string of the molecule is COc1cccc(NS(=O)(=O)c2ccc(NC(=O)CCSc3ccccc3)cc2)c1. The smallest absolute Gasteiger partial charge is 0.261 e. The molecule has 0 spiro atoms. The monoisotopic (exact) mass is 442 g/mol. The van der Waals surface area contributed by atoms with E-state index in [4.69, 9.17) is 4.74 Å². The summed E-state index contributed by atoms with van der Waals surface area (Å²) in [6.07, 6.45) is 0.358. The predicted molar refractivity (Wildman–Crippen MR) is 121 cm³/mol. The largest absolute Gasteiger partial charge is 0.497 e. The molecular weight excluding hydrogens is 420 g/mol. The molecule has 0 aliphatic rings. The summed E-state index contributed by atoms with van der Waals surface area (Å²) >= 11 is 1.61. The van der Waals surface area contributed by atoms with Gasteiger partial charge < -0.3 is 10.1 Å². The van der Waals surface area contributed by atoms with E-state index in [0.29, 0.717) is 29.3 Å². The van der Waals surface area contributed by atoms with Crippen LogP contribution in [0.4, 0.5) is 11.4 Å². The minimum absolute atomic E-state index is 0.1000. The molecule has 0 unspecified atom stereocenters. The number of nitrogens with one attached hydrogen (secondary N) is 2. The van der Waals surface area contributed by atoms with Crippen LogP contribution in [0.5, 0.6) is 5.75 Å². The number of hydrogen-bond donors (Lipinski definition) is 2. The Kier molecular flexibility index (Phi) is 7.37. The predicted octanol–water partition coefficient (Wildman–Crippen LogP) is 4.62. The zero-order valence-electron chi connectivity index (χ0n) is 16.4. The third kappa shape index (κ3) is 6.27. The van der Waals surface area contributed by atoms with E-state index in [9.17, 15) is 13.2 Å². The highest BCUT2D eigenvalue weighted by Crippen LogP contribution is 2.22. The fourth-order valence-electron chi connectivity index (χ4n) is 2.62. The normalized spacial score (nSPS) is 11.0. The van der Waals surface area contributed by atoms with Gasteiger partial charge in [-0.25, -0.2) is 8.42 Å². The lowest BCUT2D eigenvalue weighted by molar-refractivity contribution is -0.115. The molecule has 0 radical (unpaired) electrons. The highest BCUT2D eigenvalue weighted by atomic mass is 32.2. The second-order valence-corrected chi connectivity index (χ2v) is 9.17. The molecule has 0 aliphatic carbocycles. The van der Waals surface area contributed by atoms with Crippen molar-refractivity contribution >= 4 is 39.1 Å². The molecule has 3 rings (SSSR count). The van der Waals surface area contributed by atoms with Gasteiger partial charge in [0.05, 0.1) is 17.7 Å². The van der Waals surface area contributed by atoms with Crippen LogP contribution in [0.2, 0.25) is 0 Å². The zero-order valence-corrected chi connectivity index (χ0v) is 18.0. The van der Waals surface area contributed by atoms with E-state index in [1.165, 1.54) is 19.2 Å². The fraction of sp³-hybridized carbons (Fsp3) is 0.136. The summed E-state index contributed by atoms with van der Waals surface area (Å²) in [6, 6.07) is 22.6. The van der Waals surface area contributed by atoms with E-state index in [1.807, 2.05) is 30.3 Å². The third-order valence-electron chi connectivity index (χ3n) is 4.11. The molecule has 3 aromatic carbocycles. The van der Waals surface area contributed by atoms with Crippen molar-refractivity contribution in [2.45, 2.75) is 16.2 Å². The third-order valence-corrected chi connectivity index (χ3v) is 6.52. The number of rotatable bonds is 9. The van der Waals surface area contributed by atoms with Gasteiger partial charge in [0, 0.05) is 28.8 Å². The summed E-state index contributed by atoms with van der Waals surface area (Å²) in [5, 5.41) is 2.79. The molecule has 30 heavy (non-hydrogen) atoms. The summed E-state index contributed by atoms with van der Waals surface area (Å²) in [5.74, 6) is 1.09. The van der Waals surface area contributed by atoms with Gasteiger partial charge in [0.15, 0.2) is 0 Å². The Bertz CT molecular complexity index is 1090. The van der Waals surface area contributed by atoms with Crippen LogP contribution in [0, 0.1) is 0 Å². The van der Waals surface area contributed by atoms with Crippen molar-refractivity contribution in [2.75, 3.05) is 22.9 Å². The summed E-state index contributed by atoms with van der Waals surface area (Å²) in [4.78, 5) is 13.3. The van der Waals surface area contributed by atoms with Crippen molar-refractivity contribution in [1.29, 1.82) is 0 Å². The first kappa shape index (κ1) is 21.7. The van der Waals surface area contributed by atoms with Crippen LogP contribution in [-0.2, 0) is 14.8 Å². The Labute approximate surface area is 180 Å². The number of amides is 1. The van der Waals surface area contributed by atoms with Gasteiger partial charge in [-0.1, -0.05) is 24.3 Å². The second kappa shape index (κ2) is 10.2. The minimum atomic E-state index is -3.75. The Hall–Kier alpha value is -2.97. The van der Waals surface area contributed by atoms with Gasteiger partial charge in [0.2, 0.25) is 5.91 Å². The molecule has 0 fully saturated rings. The molecule has 0 aliphatic heterocycles. The molecule has 0 saturated carbocycles. The number of hydrogen-bond acceptors (Lipinski definition) is 5. The average molecular weight is 443 g/mol. The van der Waals surface area contributed by atoms with Gasteiger partial charge in [0.1, 0.15) is 5.75 Å². The number of ether oxygens (including phenoxy) is 1. The Morgan fingerprint density at radius 1 is 0.933 bits per heavy atom. The lowest BCUT2D eigenvalue weighted by atomic mass is 10.3. The van der Waals surface area contributed by atoms with Crippen molar-refractivity contribution < 1.29 is 17.9 Å². The molecule has 0 atom stereocenters. The first-order chi connectivity index (χ1) is 14.5. The Balaban J connectivity index is 1.55. The van der Waals surface area contributed by atoms with E-state index in [-0.39, 0.29) is 10.8 Å². The molecule has 8 heteroatoms. The molecule has 0 aromatic heterocycles. The number of benzene rings is 3. The van der Waals surface area contributed by atoms with Crippen LogP contribution in [0.15, 0.2) is 88.7 Å². The maximum absolute atomic E-state index is 12.6. The maximum atomic E-state index is 12.6. The number of carbonyl (C=O) groups excluding carboxylic acids is 1. The topological polar surface area (TPSA) is 84.5 Å². The molecule has 3 aromatic rings. The van der Waals surface area contributed by atoms with Gasteiger partial charge in [-0.15, -0.1) is 11.8 Å². The van der Waals surface area contributed by atoms with Crippen LogP contribution in [0.25, 0.3) is 0 Å². The first-order valence-electron chi connectivity index (χ1n) is 9.21. The molecule has 6 nitrogen and oxygen atoms in total.